The van der Waals surface area contributed by atoms with Gasteiger partial charge in [0.2, 0.25) is 11.9 Å². The van der Waals surface area contributed by atoms with Crippen LogP contribution in [0.2, 0.25) is 0 Å². The van der Waals surface area contributed by atoms with E-state index in [0.717, 1.165) is 0 Å². The summed E-state index contributed by atoms with van der Waals surface area (Å²) in [5.74, 6) is -0.820. The standard InChI is InChI=1S/C12H16N4O3/c1-7-6-9(11(18)19)14-12(13-7)16-5-4-15(3)10(17)8(16)2/h6,8H,4-5H2,1-3H3,(H,18,19). The van der Waals surface area contributed by atoms with Crippen LogP contribution in [0, 0.1) is 6.92 Å². The summed E-state index contributed by atoms with van der Waals surface area (Å²) in [5, 5.41) is 9.01. The summed E-state index contributed by atoms with van der Waals surface area (Å²) in [4.78, 5) is 34.6. The first-order chi connectivity index (χ1) is 8.90. The van der Waals surface area contributed by atoms with Gasteiger partial charge in [-0.25, -0.2) is 14.8 Å². The highest BCUT2D eigenvalue weighted by Gasteiger charge is 2.31. The first-order valence-corrected chi connectivity index (χ1v) is 6.00. The fraction of sp³-hybridized carbons (Fsp3) is 0.500. The van der Waals surface area contributed by atoms with Gasteiger partial charge < -0.3 is 14.9 Å². The maximum atomic E-state index is 11.9. The van der Waals surface area contributed by atoms with E-state index in [2.05, 4.69) is 9.97 Å². The molecule has 1 N–H and O–H groups in total. The summed E-state index contributed by atoms with van der Waals surface area (Å²) < 4.78 is 0. The molecular formula is C12H16N4O3. The van der Waals surface area contributed by atoms with Crippen molar-refractivity contribution in [2.24, 2.45) is 0 Å². The molecule has 7 heteroatoms. The Morgan fingerprint density at radius 3 is 2.74 bits per heavy atom. The van der Waals surface area contributed by atoms with Gasteiger partial charge in [-0.3, -0.25) is 4.79 Å². The first kappa shape index (κ1) is 13.3. The molecule has 0 spiro atoms. The minimum atomic E-state index is -1.10. The van der Waals surface area contributed by atoms with Gasteiger partial charge in [0, 0.05) is 25.8 Å². The molecule has 0 bridgehead atoms. The molecule has 2 rings (SSSR count). The maximum absolute atomic E-state index is 11.9. The van der Waals surface area contributed by atoms with E-state index in [1.54, 1.807) is 30.7 Å². The lowest BCUT2D eigenvalue weighted by atomic mass is 10.2. The number of nitrogens with zero attached hydrogens (tertiary/aromatic N) is 4. The van der Waals surface area contributed by atoms with E-state index in [9.17, 15) is 9.59 Å². The van der Waals surface area contributed by atoms with Crippen molar-refractivity contribution < 1.29 is 14.7 Å². The second-order valence-corrected chi connectivity index (χ2v) is 4.63. The number of anilines is 1. The molecule has 7 nitrogen and oxygen atoms in total. The van der Waals surface area contributed by atoms with Gasteiger partial charge in [0.1, 0.15) is 6.04 Å². The summed E-state index contributed by atoms with van der Waals surface area (Å²) >= 11 is 0. The third kappa shape index (κ3) is 2.49. The Bertz CT molecular complexity index is 532. The summed E-state index contributed by atoms with van der Waals surface area (Å²) in [5.41, 5.74) is 0.516. The Kier molecular flexibility index (Phi) is 3.37. The number of rotatable bonds is 2. The molecule has 1 aromatic rings. The number of aromatic nitrogens is 2. The van der Waals surface area contributed by atoms with E-state index in [4.69, 9.17) is 5.11 Å². The number of carboxylic acids is 1. The number of likely N-dealkylation sites (N-methyl/N-ethyl adjacent to an activating group) is 1. The van der Waals surface area contributed by atoms with Crippen molar-refractivity contribution in [3.63, 3.8) is 0 Å². The molecule has 0 saturated carbocycles. The molecule has 1 saturated heterocycles. The van der Waals surface area contributed by atoms with Crippen LogP contribution in [0.25, 0.3) is 0 Å². The highest BCUT2D eigenvalue weighted by atomic mass is 16.4. The number of amides is 1. The monoisotopic (exact) mass is 264 g/mol. The molecule has 1 fully saturated rings. The molecule has 1 atom stereocenters. The predicted molar refractivity (Wildman–Crippen MR) is 68.2 cm³/mol. The zero-order valence-electron chi connectivity index (χ0n) is 11.1. The van der Waals surface area contributed by atoms with Gasteiger partial charge in [-0.05, 0) is 19.9 Å². The summed E-state index contributed by atoms with van der Waals surface area (Å²) in [6.45, 7) is 4.64. The largest absolute Gasteiger partial charge is 0.477 e. The van der Waals surface area contributed by atoms with Crippen molar-refractivity contribution >= 4 is 17.8 Å². The van der Waals surface area contributed by atoms with Crippen molar-refractivity contribution in [2.45, 2.75) is 19.9 Å². The zero-order chi connectivity index (χ0) is 14.2. The topological polar surface area (TPSA) is 86.6 Å². The maximum Gasteiger partial charge on any atom is 0.354 e. The third-order valence-corrected chi connectivity index (χ3v) is 3.20. The molecule has 1 unspecified atom stereocenters. The summed E-state index contributed by atoms with van der Waals surface area (Å²) in [6.07, 6.45) is 0. The van der Waals surface area contributed by atoms with Crippen molar-refractivity contribution in [1.29, 1.82) is 0 Å². The Morgan fingerprint density at radius 2 is 2.11 bits per heavy atom. The quantitative estimate of drug-likeness (QED) is 0.818. The van der Waals surface area contributed by atoms with Gasteiger partial charge in [-0.2, -0.15) is 0 Å². The van der Waals surface area contributed by atoms with Gasteiger partial charge in [-0.15, -0.1) is 0 Å². The molecule has 1 aromatic heterocycles. The molecule has 2 heterocycles. The molecule has 0 aliphatic carbocycles. The van der Waals surface area contributed by atoms with Gasteiger partial charge in [-0.1, -0.05) is 0 Å². The molecule has 0 aromatic carbocycles. The smallest absolute Gasteiger partial charge is 0.354 e. The van der Waals surface area contributed by atoms with E-state index < -0.39 is 5.97 Å². The summed E-state index contributed by atoms with van der Waals surface area (Å²) in [7, 11) is 1.75. The van der Waals surface area contributed by atoms with E-state index in [-0.39, 0.29) is 17.6 Å². The minimum absolute atomic E-state index is 0.0202. The van der Waals surface area contributed by atoms with Crippen LogP contribution in [-0.2, 0) is 4.79 Å². The van der Waals surface area contributed by atoms with E-state index in [0.29, 0.717) is 24.7 Å². The van der Waals surface area contributed by atoms with Crippen molar-refractivity contribution in [3.8, 4) is 0 Å². The molecule has 1 amide bonds. The zero-order valence-corrected chi connectivity index (χ0v) is 11.1. The Hall–Kier alpha value is -2.18. The van der Waals surface area contributed by atoms with Crippen LogP contribution in [0.1, 0.15) is 23.1 Å². The number of carboxylic acid groups (broad SMARTS) is 1. The molecule has 1 aliphatic heterocycles. The second-order valence-electron chi connectivity index (χ2n) is 4.63. The fourth-order valence-corrected chi connectivity index (χ4v) is 2.08. The average Bonchev–Trinajstić information content (AvgIpc) is 2.35. The highest BCUT2D eigenvalue weighted by molar-refractivity contribution is 5.87. The van der Waals surface area contributed by atoms with Crippen LogP contribution >= 0.6 is 0 Å². The molecular weight excluding hydrogens is 248 g/mol. The number of hydrogen-bond acceptors (Lipinski definition) is 5. The fourth-order valence-electron chi connectivity index (χ4n) is 2.08. The number of carbonyl (C=O) groups is 2. The molecule has 102 valence electrons. The lowest BCUT2D eigenvalue weighted by Gasteiger charge is -2.37. The van der Waals surface area contributed by atoms with Crippen LogP contribution in [0.15, 0.2) is 6.07 Å². The van der Waals surface area contributed by atoms with Crippen molar-refractivity contribution in [1.82, 2.24) is 14.9 Å². The van der Waals surface area contributed by atoms with E-state index in [1.807, 2.05) is 0 Å². The van der Waals surface area contributed by atoms with Crippen LogP contribution < -0.4 is 4.90 Å². The van der Waals surface area contributed by atoms with E-state index in [1.165, 1.54) is 6.07 Å². The summed E-state index contributed by atoms with van der Waals surface area (Å²) in [6, 6.07) is 1.02. The van der Waals surface area contributed by atoms with Crippen LogP contribution in [0.5, 0.6) is 0 Å². The van der Waals surface area contributed by atoms with E-state index >= 15 is 0 Å². The molecule has 19 heavy (non-hydrogen) atoms. The number of carbonyl (C=O) groups excluding carboxylic acids is 1. The number of aryl methyl sites for hydroxylation is 1. The van der Waals surface area contributed by atoms with Crippen LogP contribution in [-0.4, -0.2) is 58.0 Å². The molecule has 1 aliphatic rings. The number of piperazine rings is 1. The Morgan fingerprint density at radius 1 is 1.42 bits per heavy atom. The number of aromatic carboxylic acids is 1. The lowest BCUT2D eigenvalue weighted by molar-refractivity contribution is -0.132. The van der Waals surface area contributed by atoms with Crippen molar-refractivity contribution in [2.75, 3.05) is 25.0 Å². The Balaban J connectivity index is 2.36. The Labute approximate surface area is 110 Å². The minimum Gasteiger partial charge on any atom is -0.477 e. The molecule has 0 radical (unpaired) electrons. The van der Waals surface area contributed by atoms with Crippen molar-refractivity contribution in [3.05, 3.63) is 17.5 Å². The third-order valence-electron chi connectivity index (χ3n) is 3.20. The SMILES string of the molecule is Cc1cc(C(=O)O)nc(N2CCN(C)C(=O)C2C)n1. The van der Waals surface area contributed by atoms with Crippen LogP contribution in [0.3, 0.4) is 0 Å². The average molecular weight is 264 g/mol. The number of hydrogen-bond donors (Lipinski definition) is 1. The lowest BCUT2D eigenvalue weighted by Crippen LogP contribution is -2.55. The van der Waals surface area contributed by atoms with Gasteiger partial charge in [0.05, 0.1) is 0 Å². The second kappa shape index (κ2) is 4.83. The highest BCUT2D eigenvalue weighted by Crippen LogP contribution is 2.17. The van der Waals surface area contributed by atoms with Gasteiger partial charge in [0.15, 0.2) is 5.69 Å². The van der Waals surface area contributed by atoms with Crippen LogP contribution in [0.4, 0.5) is 5.95 Å². The van der Waals surface area contributed by atoms with Gasteiger partial charge in [0.25, 0.3) is 0 Å². The predicted octanol–water partition coefficient (Wildman–Crippen LogP) is 0.150. The first-order valence-electron chi connectivity index (χ1n) is 6.00. The normalized spacial score (nSPS) is 19.7. The van der Waals surface area contributed by atoms with Gasteiger partial charge >= 0.3 is 5.97 Å².